The van der Waals surface area contributed by atoms with Crippen LogP contribution in [0.2, 0.25) is 0 Å². The second-order valence-corrected chi connectivity index (χ2v) is 5.47. The summed E-state index contributed by atoms with van der Waals surface area (Å²) in [6, 6.07) is 0. The standard InChI is InChI=1S/C15H29NO4/c1-5-9-16-15(13-7-8-13,14(17)19-6-2)11-20-12(3)10-18-4/h12-13,16H,5-11H2,1-4H3. The Balaban J connectivity index is 2.71. The van der Waals surface area contributed by atoms with E-state index in [0.29, 0.717) is 25.7 Å². The highest BCUT2D eigenvalue weighted by atomic mass is 16.5. The SMILES string of the molecule is CCCNC(COC(C)COC)(C(=O)OCC)C1CC1. The smallest absolute Gasteiger partial charge is 0.329 e. The van der Waals surface area contributed by atoms with Crippen molar-refractivity contribution in [3.63, 3.8) is 0 Å². The summed E-state index contributed by atoms with van der Waals surface area (Å²) in [4.78, 5) is 12.4. The van der Waals surface area contributed by atoms with E-state index in [4.69, 9.17) is 14.2 Å². The second kappa shape index (κ2) is 8.60. The molecule has 2 atom stereocenters. The lowest BCUT2D eigenvalue weighted by atomic mass is 9.93. The van der Waals surface area contributed by atoms with Crippen molar-refractivity contribution in [3.8, 4) is 0 Å². The summed E-state index contributed by atoms with van der Waals surface area (Å²) in [5.41, 5.74) is -0.686. The van der Waals surface area contributed by atoms with Crippen molar-refractivity contribution in [3.05, 3.63) is 0 Å². The van der Waals surface area contributed by atoms with E-state index in [1.807, 2.05) is 13.8 Å². The van der Waals surface area contributed by atoms with Crippen LogP contribution in [0.3, 0.4) is 0 Å². The Morgan fingerprint density at radius 2 is 2.10 bits per heavy atom. The molecule has 118 valence electrons. The van der Waals surface area contributed by atoms with Crippen molar-refractivity contribution in [2.75, 3.05) is 33.5 Å². The molecule has 0 aromatic heterocycles. The molecule has 0 saturated heterocycles. The highest BCUT2D eigenvalue weighted by molar-refractivity contribution is 5.82. The molecule has 0 amide bonds. The van der Waals surface area contributed by atoms with Crippen LogP contribution in [0, 0.1) is 5.92 Å². The molecule has 1 fully saturated rings. The molecule has 5 heteroatoms. The van der Waals surface area contributed by atoms with E-state index in [9.17, 15) is 4.79 Å². The fraction of sp³-hybridized carbons (Fsp3) is 0.933. The summed E-state index contributed by atoms with van der Waals surface area (Å²) in [7, 11) is 1.65. The summed E-state index contributed by atoms with van der Waals surface area (Å²) in [6.45, 7) is 7.94. The highest BCUT2D eigenvalue weighted by Gasteiger charge is 2.52. The Kier molecular flexibility index (Phi) is 7.48. The largest absolute Gasteiger partial charge is 0.465 e. The predicted molar refractivity (Wildman–Crippen MR) is 77.7 cm³/mol. The van der Waals surface area contributed by atoms with E-state index in [1.54, 1.807) is 7.11 Å². The maximum absolute atomic E-state index is 12.4. The molecular formula is C15H29NO4. The first-order chi connectivity index (χ1) is 9.60. The van der Waals surface area contributed by atoms with Gasteiger partial charge in [-0.05, 0) is 45.6 Å². The Morgan fingerprint density at radius 1 is 1.40 bits per heavy atom. The van der Waals surface area contributed by atoms with Gasteiger partial charge in [0.2, 0.25) is 0 Å². The van der Waals surface area contributed by atoms with Crippen molar-refractivity contribution in [1.29, 1.82) is 0 Å². The average molecular weight is 287 g/mol. The minimum atomic E-state index is -0.686. The van der Waals surface area contributed by atoms with E-state index in [1.165, 1.54) is 0 Å². The van der Waals surface area contributed by atoms with E-state index in [0.717, 1.165) is 25.8 Å². The maximum Gasteiger partial charge on any atom is 0.329 e. The Bertz CT molecular complexity index is 294. The third kappa shape index (κ3) is 4.72. The number of carbonyl (C=O) groups excluding carboxylic acids is 1. The maximum atomic E-state index is 12.4. The molecule has 1 aliphatic rings. The van der Waals surface area contributed by atoms with Crippen LogP contribution >= 0.6 is 0 Å². The molecule has 0 spiro atoms. The molecule has 0 bridgehead atoms. The van der Waals surface area contributed by atoms with E-state index >= 15 is 0 Å². The molecule has 0 aromatic carbocycles. The van der Waals surface area contributed by atoms with Gasteiger partial charge in [0.05, 0.1) is 25.9 Å². The third-order valence-electron chi connectivity index (χ3n) is 3.60. The van der Waals surface area contributed by atoms with E-state index in [2.05, 4.69) is 12.2 Å². The Labute approximate surface area is 122 Å². The molecule has 1 aliphatic carbocycles. The highest BCUT2D eigenvalue weighted by Crippen LogP contribution is 2.41. The average Bonchev–Trinajstić information content (AvgIpc) is 3.25. The first-order valence-corrected chi connectivity index (χ1v) is 7.63. The van der Waals surface area contributed by atoms with E-state index < -0.39 is 5.54 Å². The number of rotatable bonds is 11. The van der Waals surface area contributed by atoms with Gasteiger partial charge in [0.25, 0.3) is 0 Å². The van der Waals surface area contributed by atoms with Gasteiger partial charge in [0.1, 0.15) is 5.54 Å². The number of nitrogens with one attached hydrogen (secondary N) is 1. The number of hydrogen-bond donors (Lipinski definition) is 1. The Hall–Kier alpha value is -0.650. The molecule has 1 N–H and O–H groups in total. The lowest BCUT2D eigenvalue weighted by Gasteiger charge is -2.33. The minimum absolute atomic E-state index is 0.0315. The van der Waals surface area contributed by atoms with Crippen LogP contribution in [0.25, 0.3) is 0 Å². The third-order valence-corrected chi connectivity index (χ3v) is 3.60. The molecule has 1 rings (SSSR count). The molecule has 20 heavy (non-hydrogen) atoms. The zero-order valence-electron chi connectivity index (χ0n) is 13.2. The molecule has 0 aromatic rings. The number of carbonyl (C=O) groups is 1. The number of methoxy groups -OCH3 is 1. The van der Waals surface area contributed by atoms with Gasteiger partial charge in [-0.1, -0.05) is 6.92 Å². The summed E-state index contributed by atoms with van der Waals surface area (Å²) >= 11 is 0. The van der Waals surface area contributed by atoms with Crippen LogP contribution in [-0.2, 0) is 19.0 Å². The predicted octanol–water partition coefficient (Wildman–Crippen LogP) is 1.75. The van der Waals surface area contributed by atoms with Gasteiger partial charge in [-0.15, -0.1) is 0 Å². The lowest BCUT2D eigenvalue weighted by molar-refractivity contribution is -0.157. The van der Waals surface area contributed by atoms with Gasteiger partial charge in [0, 0.05) is 7.11 Å². The van der Waals surface area contributed by atoms with Crippen LogP contribution in [0.4, 0.5) is 0 Å². The van der Waals surface area contributed by atoms with Gasteiger partial charge < -0.3 is 14.2 Å². The summed E-state index contributed by atoms with van der Waals surface area (Å²) in [5.74, 6) is 0.142. The number of hydrogen-bond acceptors (Lipinski definition) is 5. The summed E-state index contributed by atoms with van der Waals surface area (Å²) in [6.07, 6.45) is 3.05. The van der Waals surface area contributed by atoms with Crippen molar-refractivity contribution in [1.82, 2.24) is 5.32 Å². The normalized spacial score (nSPS) is 19.4. The van der Waals surface area contributed by atoms with Crippen molar-refractivity contribution in [2.24, 2.45) is 5.92 Å². The molecule has 2 unspecified atom stereocenters. The molecule has 0 heterocycles. The van der Waals surface area contributed by atoms with Crippen LogP contribution in [-0.4, -0.2) is 51.1 Å². The topological polar surface area (TPSA) is 56.8 Å². The van der Waals surface area contributed by atoms with Crippen LogP contribution in [0.15, 0.2) is 0 Å². The van der Waals surface area contributed by atoms with Gasteiger partial charge in [-0.2, -0.15) is 0 Å². The first kappa shape index (κ1) is 17.4. The van der Waals surface area contributed by atoms with E-state index in [-0.39, 0.29) is 12.1 Å². The monoisotopic (exact) mass is 287 g/mol. The number of esters is 1. The van der Waals surface area contributed by atoms with Gasteiger partial charge in [0.15, 0.2) is 0 Å². The fourth-order valence-electron chi connectivity index (χ4n) is 2.35. The zero-order chi connectivity index (χ0) is 15.0. The van der Waals surface area contributed by atoms with Crippen LogP contribution < -0.4 is 5.32 Å². The zero-order valence-corrected chi connectivity index (χ0v) is 13.2. The van der Waals surface area contributed by atoms with Crippen LogP contribution in [0.1, 0.15) is 40.0 Å². The quantitative estimate of drug-likeness (QED) is 0.587. The molecule has 5 nitrogen and oxygen atoms in total. The van der Waals surface area contributed by atoms with Gasteiger partial charge >= 0.3 is 5.97 Å². The van der Waals surface area contributed by atoms with Crippen molar-refractivity contribution in [2.45, 2.75) is 51.7 Å². The molecular weight excluding hydrogens is 258 g/mol. The van der Waals surface area contributed by atoms with Gasteiger partial charge in [-0.3, -0.25) is 5.32 Å². The first-order valence-electron chi connectivity index (χ1n) is 7.63. The van der Waals surface area contributed by atoms with Crippen molar-refractivity contribution >= 4 is 5.97 Å². The van der Waals surface area contributed by atoms with Gasteiger partial charge in [-0.25, -0.2) is 4.79 Å². The fourth-order valence-corrected chi connectivity index (χ4v) is 2.35. The molecule has 0 radical (unpaired) electrons. The van der Waals surface area contributed by atoms with Crippen LogP contribution in [0.5, 0.6) is 0 Å². The molecule has 0 aliphatic heterocycles. The summed E-state index contributed by atoms with van der Waals surface area (Å²) < 4.78 is 16.2. The second-order valence-electron chi connectivity index (χ2n) is 5.47. The molecule has 1 saturated carbocycles. The Morgan fingerprint density at radius 3 is 2.60 bits per heavy atom. The summed E-state index contributed by atoms with van der Waals surface area (Å²) in [5, 5.41) is 3.39. The number of ether oxygens (including phenoxy) is 3. The lowest BCUT2D eigenvalue weighted by Crippen LogP contribution is -2.59. The van der Waals surface area contributed by atoms with Crippen molar-refractivity contribution < 1.29 is 19.0 Å². The minimum Gasteiger partial charge on any atom is -0.465 e.